The molecule has 234 valence electrons. The van der Waals surface area contributed by atoms with Gasteiger partial charge < -0.3 is 14.2 Å². The summed E-state index contributed by atoms with van der Waals surface area (Å²) >= 11 is 0. The maximum atomic E-state index is 13.8. The molecule has 0 saturated heterocycles. The summed E-state index contributed by atoms with van der Waals surface area (Å²) in [5, 5.41) is -4.78. The largest absolute Gasteiger partial charge is 0.458 e. The molecule has 2 aromatic carbocycles. The SMILES string of the molecule is [B]Cc1cc(C)c(OC(=O)C2CC(C(=O)OCC(F)(F)S(=O)(=O)O)CC(C(=O)Oc3c(C[B])cc(C[B])cc3C[B])C2)c(C[B])c1. The fraction of sp³-hybridized carbons (Fsp3) is 0.483. The molecule has 1 saturated carbocycles. The zero-order chi connectivity index (χ0) is 34.4. The molecule has 0 amide bonds. The topological polar surface area (TPSA) is 133 Å². The van der Waals surface area contributed by atoms with Crippen LogP contribution in [0, 0.1) is 24.7 Å². The number of carbonyl (C=O) groups is 3. The summed E-state index contributed by atoms with van der Waals surface area (Å²) in [7, 11) is 23.2. The van der Waals surface area contributed by atoms with E-state index in [2.05, 4.69) is 4.74 Å². The molecule has 46 heavy (non-hydrogen) atoms. The van der Waals surface area contributed by atoms with Crippen LogP contribution in [0.25, 0.3) is 0 Å². The number of rotatable bonds is 13. The summed E-state index contributed by atoms with van der Waals surface area (Å²) in [6, 6.07) is 6.67. The van der Waals surface area contributed by atoms with Gasteiger partial charge in [0, 0.05) is 0 Å². The molecule has 0 aliphatic heterocycles. The number of hydrogen-bond acceptors (Lipinski definition) is 8. The van der Waals surface area contributed by atoms with Crippen molar-refractivity contribution < 1.29 is 50.3 Å². The van der Waals surface area contributed by atoms with Gasteiger partial charge in [-0.05, 0) is 48.4 Å². The van der Waals surface area contributed by atoms with E-state index >= 15 is 0 Å². The van der Waals surface area contributed by atoms with Gasteiger partial charge in [0.05, 0.1) is 57.0 Å². The molecular weight excluding hydrogens is 616 g/mol. The number of alkyl halides is 2. The fourth-order valence-electron chi connectivity index (χ4n) is 5.33. The first-order valence-corrected chi connectivity index (χ1v) is 15.7. The van der Waals surface area contributed by atoms with Crippen molar-refractivity contribution in [2.45, 2.75) is 63.0 Å². The summed E-state index contributed by atoms with van der Waals surface area (Å²) in [6.45, 7) is -0.303. The molecule has 9 nitrogen and oxygen atoms in total. The van der Waals surface area contributed by atoms with Crippen molar-refractivity contribution in [3.63, 3.8) is 0 Å². The van der Waals surface area contributed by atoms with E-state index in [0.717, 1.165) is 5.56 Å². The molecular formula is C29H29B5F2O9S. The lowest BCUT2D eigenvalue weighted by atomic mass is 9.75. The zero-order valence-corrected chi connectivity index (χ0v) is 26.0. The van der Waals surface area contributed by atoms with Crippen LogP contribution in [0.1, 0.15) is 52.6 Å². The standard InChI is InChI=1S/C29H29B5F2O9S/c1-15-2-16(9-30)3-21(11-32)24(15)44-27(38)19-6-18(26(37)43-14-29(35,36)46(40,41)42)7-20(8-19)28(39)45-25-22(12-33)4-17(10-31)5-23(25)13-34/h2-5,18-20H,6-14H2,1H3,(H,40,41,42). The Morgan fingerprint density at radius 3 is 1.54 bits per heavy atom. The monoisotopic (exact) mass is 646 g/mol. The first-order valence-electron chi connectivity index (χ1n) is 14.3. The smallest absolute Gasteiger partial charge is 0.402 e. The van der Waals surface area contributed by atoms with E-state index in [1.54, 1.807) is 31.2 Å². The van der Waals surface area contributed by atoms with Crippen LogP contribution >= 0.6 is 0 Å². The average Bonchev–Trinajstić information content (AvgIpc) is 3.03. The van der Waals surface area contributed by atoms with E-state index < -0.39 is 57.6 Å². The molecule has 0 aromatic heterocycles. The Balaban J connectivity index is 1.93. The number of aryl methyl sites for hydroxylation is 1. The van der Waals surface area contributed by atoms with E-state index in [1.165, 1.54) is 0 Å². The van der Waals surface area contributed by atoms with Crippen molar-refractivity contribution in [2.24, 2.45) is 17.8 Å². The minimum atomic E-state index is -5.89. The van der Waals surface area contributed by atoms with Crippen molar-refractivity contribution in [3.8, 4) is 11.5 Å². The quantitative estimate of drug-likeness (QED) is 0.150. The van der Waals surface area contributed by atoms with Crippen LogP contribution in [0.2, 0.25) is 0 Å². The van der Waals surface area contributed by atoms with Crippen LogP contribution < -0.4 is 9.47 Å². The minimum Gasteiger partial charge on any atom is -0.458 e. The molecule has 1 aliphatic rings. The van der Waals surface area contributed by atoms with Crippen molar-refractivity contribution in [2.75, 3.05) is 6.61 Å². The molecule has 10 radical (unpaired) electrons. The Bertz CT molecular complexity index is 1550. The van der Waals surface area contributed by atoms with Gasteiger partial charge in [0.25, 0.3) is 0 Å². The van der Waals surface area contributed by atoms with E-state index in [4.69, 9.17) is 53.3 Å². The average molecular weight is 646 g/mol. The second-order valence-corrected chi connectivity index (χ2v) is 12.6. The van der Waals surface area contributed by atoms with Crippen LogP contribution in [0.15, 0.2) is 24.3 Å². The van der Waals surface area contributed by atoms with Gasteiger partial charge in [-0.25, -0.2) is 0 Å². The van der Waals surface area contributed by atoms with Crippen LogP contribution in [-0.4, -0.2) is 82.0 Å². The third kappa shape index (κ3) is 8.84. The molecule has 3 rings (SSSR count). The van der Waals surface area contributed by atoms with Crippen LogP contribution in [0.4, 0.5) is 8.78 Å². The summed E-state index contributed by atoms with van der Waals surface area (Å²) in [6.07, 6.45) is -0.431. The van der Waals surface area contributed by atoms with E-state index in [-0.39, 0.29) is 62.4 Å². The lowest BCUT2D eigenvalue weighted by Gasteiger charge is -2.32. The summed E-state index contributed by atoms with van der Waals surface area (Å²) in [5.74, 6) is -6.38. The maximum absolute atomic E-state index is 13.8. The zero-order valence-electron chi connectivity index (χ0n) is 25.2. The lowest BCUT2D eigenvalue weighted by molar-refractivity contribution is -0.160. The third-order valence-corrected chi connectivity index (χ3v) is 8.59. The third-order valence-electron chi connectivity index (χ3n) is 7.72. The highest BCUT2D eigenvalue weighted by atomic mass is 32.2. The molecule has 1 fully saturated rings. The molecule has 1 N–H and O–H groups in total. The Hall–Kier alpha value is -3.06. The molecule has 0 spiro atoms. The molecule has 1 aliphatic carbocycles. The van der Waals surface area contributed by atoms with Crippen LogP contribution in [-0.2, 0) is 60.8 Å². The van der Waals surface area contributed by atoms with Crippen LogP contribution in [0.5, 0.6) is 11.5 Å². The van der Waals surface area contributed by atoms with Crippen molar-refractivity contribution >= 4 is 67.3 Å². The number of hydrogen-bond donors (Lipinski definition) is 1. The van der Waals surface area contributed by atoms with Gasteiger partial charge in [0.2, 0.25) is 0 Å². The van der Waals surface area contributed by atoms with Crippen LogP contribution in [0.3, 0.4) is 0 Å². The highest BCUT2D eigenvalue weighted by molar-refractivity contribution is 7.86. The maximum Gasteiger partial charge on any atom is 0.402 e. The van der Waals surface area contributed by atoms with Gasteiger partial charge in [-0.2, -0.15) is 17.2 Å². The van der Waals surface area contributed by atoms with E-state index in [1.807, 2.05) is 0 Å². The molecule has 0 heterocycles. The Morgan fingerprint density at radius 2 is 1.13 bits per heavy atom. The van der Waals surface area contributed by atoms with Crippen molar-refractivity contribution in [1.29, 1.82) is 0 Å². The Kier molecular flexibility index (Phi) is 12.8. The lowest BCUT2D eigenvalue weighted by Crippen LogP contribution is -2.40. The molecule has 0 bridgehead atoms. The summed E-state index contributed by atoms with van der Waals surface area (Å²) in [4.78, 5) is 39.9. The van der Waals surface area contributed by atoms with Crippen molar-refractivity contribution in [1.82, 2.24) is 0 Å². The van der Waals surface area contributed by atoms with Gasteiger partial charge in [-0.1, -0.05) is 67.0 Å². The number of ether oxygens (including phenoxy) is 3. The van der Waals surface area contributed by atoms with E-state index in [0.29, 0.717) is 27.8 Å². The molecule has 17 heteroatoms. The number of benzene rings is 2. The van der Waals surface area contributed by atoms with Gasteiger partial charge in [-0.3, -0.25) is 18.9 Å². The van der Waals surface area contributed by atoms with Gasteiger partial charge in [0.15, 0.2) is 6.61 Å². The van der Waals surface area contributed by atoms with Crippen molar-refractivity contribution in [3.05, 3.63) is 57.6 Å². The molecule has 3 atom stereocenters. The number of carbonyl (C=O) groups excluding carboxylic acids is 3. The molecule has 2 aromatic rings. The highest BCUT2D eigenvalue weighted by Crippen LogP contribution is 2.38. The van der Waals surface area contributed by atoms with Gasteiger partial charge >= 0.3 is 33.3 Å². The first-order chi connectivity index (χ1) is 21.6. The second kappa shape index (κ2) is 15.7. The molecule has 3 unspecified atom stereocenters. The highest BCUT2D eigenvalue weighted by Gasteiger charge is 2.47. The predicted octanol–water partition coefficient (Wildman–Crippen LogP) is 1.90. The van der Waals surface area contributed by atoms with Gasteiger partial charge in [-0.15, -0.1) is 0 Å². The van der Waals surface area contributed by atoms with Gasteiger partial charge in [0.1, 0.15) is 11.5 Å². The Morgan fingerprint density at radius 1 is 0.739 bits per heavy atom. The normalized spacial score (nSPS) is 18.5. The summed E-state index contributed by atoms with van der Waals surface area (Å²) in [5.41, 5.74) is 3.33. The first kappa shape index (κ1) is 37.4. The van der Waals surface area contributed by atoms with E-state index in [9.17, 15) is 31.6 Å². The second-order valence-electron chi connectivity index (χ2n) is 11.0. The number of esters is 3. The Labute approximate surface area is 273 Å². The minimum absolute atomic E-state index is 0.00371. The number of halogens is 2. The summed E-state index contributed by atoms with van der Waals surface area (Å²) < 4.78 is 74.3. The fourth-order valence-corrected chi connectivity index (χ4v) is 5.54. The predicted molar refractivity (Wildman–Crippen MR) is 168 cm³/mol.